The summed E-state index contributed by atoms with van der Waals surface area (Å²) in [6.45, 7) is 2.14. The Hall–Kier alpha value is -1.94. The van der Waals surface area contributed by atoms with Gasteiger partial charge in [0.05, 0.1) is 11.4 Å². The summed E-state index contributed by atoms with van der Waals surface area (Å²) in [4.78, 5) is 4.15. The van der Waals surface area contributed by atoms with Crippen LogP contribution in [0.25, 0.3) is 16.9 Å². The molecule has 2 aromatic heterocycles. The van der Waals surface area contributed by atoms with E-state index in [0.717, 1.165) is 27.8 Å². The van der Waals surface area contributed by atoms with E-state index in [1.807, 2.05) is 35.1 Å². The van der Waals surface area contributed by atoms with Gasteiger partial charge in [0.25, 0.3) is 0 Å². The van der Waals surface area contributed by atoms with Crippen molar-refractivity contribution in [2.24, 2.45) is 0 Å². The Labute approximate surface area is 126 Å². The van der Waals surface area contributed by atoms with E-state index in [-0.39, 0.29) is 0 Å². The van der Waals surface area contributed by atoms with Gasteiger partial charge in [-0.25, -0.2) is 4.68 Å². The lowest BCUT2D eigenvalue weighted by atomic mass is 10.2. The highest BCUT2D eigenvalue weighted by atomic mass is 79.9. The van der Waals surface area contributed by atoms with Crippen LogP contribution < -0.4 is 0 Å². The zero-order chi connectivity index (χ0) is 13.9. The van der Waals surface area contributed by atoms with Crippen LogP contribution in [0.1, 0.15) is 12.6 Å². The highest BCUT2D eigenvalue weighted by molar-refractivity contribution is 9.10. The number of nitrogens with zero attached hydrogens (tertiary/aromatic N) is 3. The van der Waals surface area contributed by atoms with Crippen molar-refractivity contribution in [3.8, 4) is 16.9 Å². The smallest absolute Gasteiger partial charge is 0.0945 e. The quantitative estimate of drug-likeness (QED) is 0.719. The minimum atomic E-state index is 0.934. The third kappa shape index (κ3) is 2.51. The molecule has 0 spiro atoms. The second-order valence-corrected chi connectivity index (χ2v) is 5.42. The van der Waals surface area contributed by atoms with Gasteiger partial charge in [0, 0.05) is 28.1 Å². The molecule has 0 bridgehead atoms. The Morgan fingerprint density at radius 1 is 1.15 bits per heavy atom. The lowest BCUT2D eigenvalue weighted by Gasteiger charge is -2.05. The van der Waals surface area contributed by atoms with Crippen LogP contribution in [0.15, 0.2) is 59.3 Å². The van der Waals surface area contributed by atoms with Crippen LogP contribution in [0.5, 0.6) is 0 Å². The van der Waals surface area contributed by atoms with Crippen molar-refractivity contribution in [1.82, 2.24) is 14.8 Å². The number of aryl methyl sites for hydroxylation is 1. The fourth-order valence-electron chi connectivity index (χ4n) is 2.13. The first-order chi connectivity index (χ1) is 9.78. The SMILES string of the molecule is CCc1cc(-c2cccnc2)nn1-c1ccc(Br)cc1. The van der Waals surface area contributed by atoms with E-state index in [1.54, 1.807) is 6.20 Å². The second-order valence-electron chi connectivity index (χ2n) is 4.50. The zero-order valence-corrected chi connectivity index (χ0v) is 12.7. The van der Waals surface area contributed by atoms with Gasteiger partial charge in [0.1, 0.15) is 0 Å². The Kier molecular flexibility index (Phi) is 3.65. The van der Waals surface area contributed by atoms with Crippen molar-refractivity contribution < 1.29 is 0 Å². The van der Waals surface area contributed by atoms with Gasteiger partial charge in [0.15, 0.2) is 0 Å². The molecule has 100 valence electrons. The summed E-state index contributed by atoms with van der Waals surface area (Å²) >= 11 is 3.46. The molecule has 0 radical (unpaired) electrons. The number of halogens is 1. The summed E-state index contributed by atoms with van der Waals surface area (Å²) in [5.41, 5.74) is 4.25. The maximum atomic E-state index is 4.71. The van der Waals surface area contributed by atoms with E-state index >= 15 is 0 Å². The monoisotopic (exact) mass is 327 g/mol. The number of rotatable bonds is 3. The summed E-state index contributed by atoms with van der Waals surface area (Å²) < 4.78 is 3.06. The first-order valence-corrected chi connectivity index (χ1v) is 7.32. The Bertz CT molecular complexity index is 702. The van der Waals surface area contributed by atoms with E-state index in [4.69, 9.17) is 5.10 Å². The van der Waals surface area contributed by atoms with Crippen LogP contribution in [0, 0.1) is 0 Å². The summed E-state index contributed by atoms with van der Waals surface area (Å²) in [5, 5.41) is 4.71. The number of pyridine rings is 1. The number of hydrogen-bond donors (Lipinski definition) is 0. The molecule has 0 aliphatic rings. The van der Waals surface area contributed by atoms with Gasteiger partial charge < -0.3 is 0 Å². The predicted molar refractivity (Wildman–Crippen MR) is 83.9 cm³/mol. The van der Waals surface area contributed by atoms with Gasteiger partial charge >= 0.3 is 0 Å². The molecule has 0 aliphatic carbocycles. The molecule has 3 nitrogen and oxygen atoms in total. The molecule has 0 unspecified atom stereocenters. The van der Waals surface area contributed by atoms with Gasteiger partial charge in [0.2, 0.25) is 0 Å². The van der Waals surface area contributed by atoms with Crippen molar-refractivity contribution >= 4 is 15.9 Å². The number of hydrogen-bond acceptors (Lipinski definition) is 2. The maximum Gasteiger partial charge on any atom is 0.0945 e. The number of aromatic nitrogens is 3. The van der Waals surface area contributed by atoms with Crippen LogP contribution in [0.3, 0.4) is 0 Å². The van der Waals surface area contributed by atoms with E-state index in [2.05, 4.69) is 46.0 Å². The molecule has 1 aromatic carbocycles. The molecule has 0 fully saturated rings. The topological polar surface area (TPSA) is 30.7 Å². The van der Waals surface area contributed by atoms with Crippen molar-refractivity contribution in [1.29, 1.82) is 0 Å². The van der Waals surface area contributed by atoms with Crippen molar-refractivity contribution in [3.63, 3.8) is 0 Å². The average molecular weight is 328 g/mol. The summed E-state index contributed by atoms with van der Waals surface area (Å²) in [7, 11) is 0. The third-order valence-electron chi connectivity index (χ3n) is 3.17. The highest BCUT2D eigenvalue weighted by Gasteiger charge is 2.09. The van der Waals surface area contributed by atoms with Crippen molar-refractivity contribution in [2.75, 3.05) is 0 Å². The zero-order valence-electron chi connectivity index (χ0n) is 11.1. The lowest BCUT2D eigenvalue weighted by molar-refractivity contribution is 0.816. The van der Waals surface area contributed by atoms with Crippen LogP contribution in [0.2, 0.25) is 0 Å². The molecule has 4 heteroatoms. The van der Waals surface area contributed by atoms with E-state index < -0.39 is 0 Å². The highest BCUT2D eigenvalue weighted by Crippen LogP contribution is 2.22. The van der Waals surface area contributed by atoms with Crippen LogP contribution >= 0.6 is 15.9 Å². The first kappa shape index (κ1) is 13.1. The molecule has 0 aliphatic heterocycles. The van der Waals surface area contributed by atoms with Crippen molar-refractivity contribution in [2.45, 2.75) is 13.3 Å². The van der Waals surface area contributed by atoms with Crippen LogP contribution in [-0.2, 0) is 6.42 Å². The second kappa shape index (κ2) is 5.59. The molecule has 0 saturated heterocycles. The van der Waals surface area contributed by atoms with Gasteiger partial charge in [-0.3, -0.25) is 4.98 Å². The molecule has 20 heavy (non-hydrogen) atoms. The van der Waals surface area contributed by atoms with Gasteiger partial charge in [-0.1, -0.05) is 22.9 Å². The van der Waals surface area contributed by atoms with E-state index in [9.17, 15) is 0 Å². The summed E-state index contributed by atoms with van der Waals surface area (Å²) in [5.74, 6) is 0. The average Bonchev–Trinajstić information content (AvgIpc) is 2.93. The van der Waals surface area contributed by atoms with Crippen LogP contribution in [-0.4, -0.2) is 14.8 Å². The van der Waals surface area contributed by atoms with E-state index in [0.29, 0.717) is 0 Å². The largest absolute Gasteiger partial charge is 0.264 e. The molecule has 3 aromatic rings. The molecule has 2 heterocycles. The Balaban J connectivity index is 2.07. The first-order valence-electron chi connectivity index (χ1n) is 6.53. The van der Waals surface area contributed by atoms with Crippen LogP contribution in [0.4, 0.5) is 0 Å². The molecule has 0 atom stereocenters. The van der Waals surface area contributed by atoms with Gasteiger partial charge in [-0.15, -0.1) is 0 Å². The maximum absolute atomic E-state index is 4.71. The lowest BCUT2D eigenvalue weighted by Crippen LogP contribution is -2.00. The molecular weight excluding hydrogens is 314 g/mol. The van der Waals surface area contributed by atoms with E-state index in [1.165, 1.54) is 5.69 Å². The molecule has 3 rings (SSSR count). The summed E-state index contributed by atoms with van der Waals surface area (Å²) in [6, 6.07) is 14.3. The minimum absolute atomic E-state index is 0.934. The normalized spacial score (nSPS) is 10.7. The van der Waals surface area contributed by atoms with Gasteiger partial charge in [-0.05, 0) is 48.9 Å². The molecule has 0 N–H and O–H groups in total. The van der Waals surface area contributed by atoms with Crippen molar-refractivity contribution in [3.05, 3.63) is 65.0 Å². The third-order valence-corrected chi connectivity index (χ3v) is 3.70. The fraction of sp³-hybridized carbons (Fsp3) is 0.125. The predicted octanol–water partition coefficient (Wildman–Crippen LogP) is 4.26. The standard InChI is InChI=1S/C16H14BrN3/c1-2-14-10-16(12-4-3-9-18-11-12)19-20(14)15-7-5-13(17)6-8-15/h3-11H,2H2,1H3. The molecule has 0 saturated carbocycles. The molecule has 0 amide bonds. The van der Waals surface area contributed by atoms with Gasteiger partial charge in [-0.2, -0.15) is 5.10 Å². The Morgan fingerprint density at radius 2 is 1.95 bits per heavy atom. The summed E-state index contributed by atoms with van der Waals surface area (Å²) in [6.07, 6.45) is 4.55. The molecular formula is C16H14BrN3. The Morgan fingerprint density at radius 3 is 2.60 bits per heavy atom. The number of benzene rings is 1. The fourth-order valence-corrected chi connectivity index (χ4v) is 2.40. The minimum Gasteiger partial charge on any atom is -0.264 e.